The fourth-order valence-corrected chi connectivity index (χ4v) is 6.37. The molecule has 1 aliphatic rings. The second-order valence-electron chi connectivity index (χ2n) is 10.2. The van der Waals surface area contributed by atoms with E-state index in [4.69, 9.17) is 0 Å². The third-order valence-corrected chi connectivity index (χ3v) is 7.84. The van der Waals surface area contributed by atoms with Gasteiger partial charge in [0.15, 0.2) is 0 Å². The Labute approximate surface area is 206 Å². The largest absolute Gasteiger partial charge is 0.377 e. The van der Waals surface area contributed by atoms with Crippen molar-refractivity contribution in [2.75, 3.05) is 38.0 Å². The lowest BCUT2D eigenvalue weighted by Gasteiger charge is -2.25. The summed E-state index contributed by atoms with van der Waals surface area (Å²) in [5.41, 5.74) is 9.48. The highest BCUT2D eigenvalue weighted by molar-refractivity contribution is 6.99. The van der Waals surface area contributed by atoms with Crippen LogP contribution in [0.15, 0.2) is 91.0 Å². The Morgan fingerprint density at radius 3 is 1.89 bits per heavy atom. The van der Waals surface area contributed by atoms with Gasteiger partial charge in [-0.25, -0.2) is 0 Å². The normalized spacial score (nSPS) is 12.5. The molecule has 168 valence electrons. The first-order valence-electron chi connectivity index (χ1n) is 12.3. The molecule has 6 aromatic rings. The number of benzene rings is 6. The van der Waals surface area contributed by atoms with E-state index in [0.717, 1.165) is 0 Å². The van der Waals surface area contributed by atoms with Gasteiger partial charge in [0.05, 0.1) is 0 Å². The van der Waals surface area contributed by atoms with Crippen LogP contribution in [0.5, 0.6) is 0 Å². The molecule has 0 spiro atoms. The molecule has 0 amide bonds. The van der Waals surface area contributed by atoms with Crippen molar-refractivity contribution in [2.45, 2.75) is 0 Å². The van der Waals surface area contributed by atoms with Gasteiger partial charge >= 0.3 is 0 Å². The Bertz CT molecular complexity index is 1720. The van der Waals surface area contributed by atoms with E-state index in [0.29, 0.717) is 0 Å². The van der Waals surface area contributed by atoms with Crippen molar-refractivity contribution in [3.05, 3.63) is 91.0 Å². The molecule has 0 aromatic heterocycles. The fourth-order valence-electron chi connectivity index (χ4n) is 6.37. The van der Waals surface area contributed by atoms with Gasteiger partial charge in [0.1, 0.15) is 0 Å². The third kappa shape index (κ3) is 2.73. The van der Waals surface area contributed by atoms with E-state index in [-0.39, 0.29) is 6.71 Å². The summed E-state index contributed by atoms with van der Waals surface area (Å²) < 4.78 is 0. The summed E-state index contributed by atoms with van der Waals surface area (Å²) in [4.78, 5) is 4.48. The predicted molar refractivity (Wildman–Crippen MR) is 155 cm³/mol. The van der Waals surface area contributed by atoms with Crippen molar-refractivity contribution in [1.82, 2.24) is 0 Å². The molecule has 0 atom stereocenters. The van der Waals surface area contributed by atoms with Crippen LogP contribution in [0.3, 0.4) is 0 Å². The molecule has 0 saturated carbocycles. The van der Waals surface area contributed by atoms with Crippen LogP contribution < -0.4 is 26.2 Å². The van der Waals surface area contributed by atoms with Gasteiger partial charge in [0.25, 0.3) is 0 Å². The fraction of sp³-hybridized carbons (Fsp3) is 0.125. The first-order valence-corrected chi connectivity index (χ1v) is 12.3. The summed E-state index contributed by atoms with van der Waals surface area (Å²) in [6.07, 6.45) is 0. The molecule has 0 radical (unpaired) electrons. The summed E-state index contributed by atoms with van der Waals surface area (Å²) in [6.45, 7) is 0.263. The van der Waals surface area contributed by atoms with Gasteiger partial charge in [-0.15, -0.1) is 0 Å². The topological polar surface area (TPSA) is 6.48 Å². The Hall–Kier alpha value is -3.98. The maximum atomic E-state index is 2.46. The Morgan fingerprint density at radius 2 is 1.17 bits per heavy atom. The second-order valence-corrected chi connectivity index (χ2v) is 10.2. The number of nitrogens with zero attached hydrogens (tertiary/aromatic N) is 2. The molecular formula is C32H27BN2. The zero-order valence-electron chi connectivity index (χ0n) is 20.6. The molecule has 0 aliphatic carbocycles. The number of fused-ring (bicyclic) bond motifs is 4. The Balaban J connectivity index is 1.66. The van der Waals surface area contributed by atoms with Crippen LogP contribution >= 0.6 is 0 Å². The van der Waals surface area contributed by atoms with Crippen molar-refractivity contribution >= 4 is 66.8 Å². The van der Waals surface area contributed by atoms with Gasteiger partial charge in [0.2, 0.25) is 6.71 Å². The van der Waals surface area contributed by atoms with Crippen LogP contribution in [-0.2, 0) is 0 Å². The summed E-state index contributed by atoms with van der Waals surface area (Å²) in [6, 6.07) is 34.1. The number of hydrogen-bond donors (Lipinski definition) is 0. The van der Waals surface area contributed by atoms with E-state index in [1.807, 2.05) is 0 Å². The van der Waals surface area contributed by atoms with E-state index in [2.05, 4.69) is 129 Å². The van der Waals surface area contributed by atoms with Crippen LogP contribution in [0.1, 0.15) is 0 Å². The highest BCUT2D eigenvalue weighted by Crippen LogP contribution is 2.45. The zero-order valence-corrected chi connectivity index (χ0v) is 20.6. The lowest BCUT2D eigenvalue weighted by molar-refractivity contribution is 1.12. The van der Waals surface area contributed by atoms with Gasteiger partial charge < -0.3 is 9.80 Å². The SMILES string of the molecule is CN(C)c1cc(N(C)C)c2ccc3c4c(cc5ccc1c2c53)B(c1ccccc1)c1ccccc1-4. The minimum absolute atomic E-state index is 0.263. The smallest absolute Gasteiger partial charge is 0.242 e. The van der Waals surface area contributed by atoms with E-state index in [1.54, 1.807) is 0 Å². The first kappa shape index (κ1) is 20.4. The molecule has 3 heteroatoms. The first-order chi connectivity index (χ1) is 17.0. The minimum Gasteiger partial charge on any atom is -0.377 e. The molecule has 0 unspecified atom stereocenters. The average Bonchev–Trinajstić information content (AvgIpc) is 3.21. The number of anilines is 2. The Morgan fingerprint density at radius 1 is 0.543 bits per heavy atom. The van der Waals surface area contributed by atoms with E-state index in [9.17, 15) is 0 Å². The molecule has 0 saturated heterocycles. The van der Waals surface area contributed by atoms with Crippen molar-refractivity contribution in [3.8, 4) is 11.1 Å². The molecule has 1 heterocycles. The molecule has 0 N–H and O–H groups in total. The molecule has 1 aliphatic heterocycles. The van der Waals surface area contributed by atoms with Crippen LogP contribution in [-0.4, -0.2) is 34.9 Å². The monoisotopic (exact) mass is 450 g/mol. The molecule has 7 rings (SSSR count). The molecule has 0 bridgehead atoms. The van der Waals surface area contributed by atoms with Crippen LogP contribution in [0.4, 0.5) is 11.4 Å². The van der Waals surface area contributed by atoms with E-state index < -0.39 is 0 Å². The maximum absolute atomic E-state index is 2.46. The van der Waals surface area contributed by atoms with E-state index in [1.165, 1.54) is 71.2 Å². The molecule has 6 aromatic carbocycles. The lowest BCUT2D eigenvalue weighted by atomic mass is 9.39. The molecule has 35 heavy (non-hydrogen) atoms. The maximum Gasteiger partial charge on any atom is 0.242 e. The molecule has 0 fully saturated rings. The molecular weight excluding hydrogens is 423 g/mol. The van der Waals surface area contributed by atoms with Gasteiger partial charge in [-0.3, -0.25) is 0 Å². The molecule has 2 nitrogen and oxygen atoms in total. The average molecular weight is 450 g/mol. The summed E-state index contributed by atoms with van der Waals surface area (Å²) in [7, 11) is 8.57. The zero-order chi connectivity index (χ0) is 23.8. The number of rotatable bonds is 3. The van der Waals surface area contributed by atoms with Gasteiger partial charge in [0, 0.05) is 55.7 Å². The van der Waals surface area contributed by atoms with E-state index >= 15 is 0 Å². The van der Waals surface area contributed by atoms with Crippen molar-refractivity contribution < 1.29 is 0 Å². The van der Waals surface area contributed by atoms with Crippen molar-refractivity contribution in [2.24, 2.45) is 0 Å². The van der Waals surface area contributed by atoms with Crippen LogP contribution in [0.2, 0.25) is 0 Å². The number of hydrogen-bond acceptors (Lipinski definition) is 2. The highest BCUT2D eigenvalue weighted by Gasteiger charge is 2.35. The third-order valence-electron chi connectivity index (χ3n) is 7.84. The Kier molecular flexibility index (Phi) is 4.23. The van der Waals surface area contributed by atoms with Gasteiger partial charge in [-0.2, -0.15) is 0 Å². The van der Waals surface area contributed by atoms with Crippen molar-refractivity contribution in [3.63, 3.8) is 0 Å². The summed E-state index contributed by atoms with van der Waals surface area (Å²) >= 11 is 0. The second kappa shape index (κ2) is 7.26. The lowest BCUT2D eigenvalue weighted by Crippen LogP contribution is -2.48. The summed E-state index contributed by atoms with van der Waals surface area (Å²) in [5, 5.41) is 8.08. The summed E-state index contributed by atoms with van der Waals surface area (Å²) in [5.74, 6) is 0. The quantitative estimate of drug-likeness (QED) is 0.269. The highest BCUT2D eigenvalue weighted by atomic mass is 15.1. The van der Waals surface area contributed by atoms with Gasteiger partial charge in [-0.1, -0.05) is 101 Å². The van der Waals surface area contributed by atoms with Crippen molar-refractivity contribution in [1.29, 1.82) is 0 Å². The minimum atomic E-state index is 0.263. The van der Waals surface area contributed by atoms with Crippen LogP contribution in [0, 0.1) is 0 Å². The van der Waals surface area contributed by atoms with Gasteiger partial charge in [-0.05, 0) is 33.4 Å². The predicted octanol–water partition coefficient (Wildman–Crippen LogP) is 5.21. The standard InChI is InChI=1S/C32H27BN2/c1-34(2)28-19-29(35(3)4)24-16-17-25-30-20(14-15-23(28)32(24)30)18-27-31(25)22-12-8-9-13-26(22)33(27)21-10-6-5-7-11-21/h5-19H,1-4H3. The van der Waals surface area contributed by atoms with Crippen LogP contribution in [0.25, 0.3) is 43.4 Å².